The Hall–Kier alpha value is -3.02. The van der Waals surface area contributed by atoms with Gasteiger partial charge in [-0.15, -0.1) is 0 Å². The minimum absolute atomic E-state index is 0.341. The lowest BCUT2D eigenvalue weighted by Crippen LogP contribution is -2.60. The average molecular weight is 956 g/mol. The van der Waals surface area contributed by atoms with Crippen molar-refractivity contribution in [2.24, 2.45) is 0 Å². The van der Waals surface area contributed by atoms with Crippen LogP contribution >= 0.6 is 0 Å². The van der Waals surface area contributed by atoms with Crippen LogP contribution in [-0.2, 0) is 25.7 Å². The molecule has 69 heavy (non-hydrogen) atoms. The maximum atomic E-state index is 14.4. The van der Waals surface area contributed by atoms with Gasteiger partial charge in [-0.2, -0.15) is 0 Å². The van der Waals surface area contributed by atoms with Crippen LogP contribution in [0.3, 0.4) is 0 Å². The largest absolute Gasteiger partial charge is 0.413 e. The second kappa shape index (κ2) is 36.0. The van der Waals surface area contributed by atoms with Gasteiger partial charge in [0.15, 0.2) is 0 Å². The molecule has 0 atom stereocenters. The number of nitrogens with one attached hydrogen (secondary N) is 2. The van der Waals surface area contributed by atoms with Crippen LogP contribution in [0, 0.1) is 0 Å². The van der Waals surface area contributed by atoms with Crippen LogP contribution in [0.1, 0.15) is 300 Å². The van der Waals surface area contributed by atoms with Crippen molar-refractivity contribution in [3.05, 3.63) is 58.7 Å². The first kappa shape index (κ1) is 58.5. The molecule has 6 nitrogen and oxygen atoms in total. The second-order valence-electron chi connectivity index (χ2n) is 22.2. The fourth-order valence-electron chi connectivity index (χ4n) is 12.0. The van der Waals surface area contributed by atoms with Gasteiger partial charge in [0, 0.05) is 11.1 Å². The maximum absolute atomic E-state index is 14.4. The summed E-state index contributed by atoms with van der Waals surface area (Å²) in [7, 11) is 0. The topological polar surface area (TPSA) is 76.7 Å². The highest BCUT2D eigenvalue weighted by Crippen LogP contribution is 2.42. The molecule has 2 aliphatic carbocycles. The van der Waals surface area contributed by atoms with E-state index in [9.17, 15) is 9.59 Å². The molecule has 0 radical (unpaired) electrons. The summed E-state index contributed by atoms with van der Waals surface area (Å²) in [6.45, 7) is 9.13. The maximum Gasteiger partial charge on any atom is 0.413 e. The molecule has 0 unspecified atom stereocenters. The van der Waals surface area contributed by atoms with Crippen LogP contribution < -0.4 is 20.1 Å². The number of amides is 2. The zero-order valence-corrected chi connectivity index (χ0v) is 45.5. The normalized spacial score (nSPS) is 15.5. The number of carbonyl (C=O) groups excluding carboxylic acids is 2. The van der Waals surface area contributed by atoms with Crippen LogP contribution in [0.5, 0.6) is 11.5 Å². The van der Waals surface area contributed by atoms with E-state index >= 15 is 0 Å². The number of hydrogen-bond donors (Lipinski definition) is 2. The lowest BCUT2D eigenvalue weighted by Gasteiger charge is -2.47. The van der Waals surface area contributed by atoms with Crippen molar-refractivity contribution in [1.82, 2.24) is 10.6 Å². The van der Waals surface area contributed by atoms with Gasteiger partial charge in [-0.05, 0) is 118 Å². The SMILES string of the molecule is CCCCCCCCCc1cccc(OC(=O)NC2(CC3(NC(=O)Oc4cccc(CCCCCCCCC)c4CCCCCCCCC)CCCCC3)CCCCC2)c1CCCCCCCCC. The number of benzene rings is 2. The predicted molar refractivity (Wildman–Crippen MR) is 294 cm³/mol. The Morgan fingerprint density at radius 2 is 0.681 bits per heavy atom. The molecule has 2 fully saturated rings. The molecule has 4 rings (SSSR count). The summed E-state index contributed by atoms with van der Waals surface area (Å²) < 4.78 is 12.9. The summed E-state index contributed by atoms with van der Waals surface area (Å²) in [6, 6.07) is 12.8. The summed E-state index contributed by atoms with van der Waals surface area (Å²) >= 11 is 0. The van der Waals surface area contributed by atoms with Gasteiger partial charge in [0.25, 0.3) is 0 Å². The van der Waals surface area contributed by atoms with Crippen molar-refractivity contribution in [3.8, 4) is 11.5 Å². The molecule has 392 valence electrons. The zero-order chi connectivity index (χ0) is 49.1. The van der Waals surface area contributed by atoms with E-state index in [0.717, 1.165) is 101 Å². The number of ether oxygens (including phenoxy) is 2. The van der Waals surface area contributed by atoms with E-state index in [1.54, 1.807) is 0 Å². The summed E-state index contributed by atoms with van der Waals surface area (Å²) in [4.78, 5) is 28.7. The van der Waals surface area contributed by atoms with Crippen LogP contribution in [0.15, 0.2) is 36.4 Å². The van der Waals surface area contributed by atoms with Gasteiger partial charge in [-0.3, -0.25) is 0 Å². The molecule has 2 saturated carbocycles. The van der Waals surface area contributed by atoms with E-state index < -0.39 is 11.1 Å². The van der Waals surface area contributed by atoms with E-state index in [4.69, 9.17) is 9.47 Å². The molecule has 0 aliphatic heterocycles. The summed E-state index contributed by atoms with van der Waals surface area (Å²) in [5.74, 6) is 1.47. The molecule has 2 N–H and O–H groups in total. The van der Waals surface area contributed by atoms with Gasteiger partial charge >= 0.3 is 12.2 Å². The van der Waals surface area contributed by atoms with Crippen molar-refractivity contribution in [3.63, 3.8) is 0 Å². The molecule has 2 aliphatic rings. The second-order valence-corrected chi connectivity index (χ2v) is 22.2. The Morgan fingerprint density at radius 1 is 0.391 bits per heavy atom. The van der Waals surface area contributed by atoms with Gasteiger partial charge in [-0.25, -0.2) is 9.59 Å². The van der Waals surface area contributed by atoms with Gasteiger partial charge < -0.3 is 20.1 Å². The molecule has 0 spiro atoms. The minimum atomic E-state index is -0.452. The van der Waals surface area contributed by atoms with E-state index in [0.29, 0.717) is 6.42 Å². The monoisotopic (exact) mass is 955 g/mol. The molecule has 2 aromatic rings. The smallest absolute Gasteiger partial charge is 0.410 e. The van der Waals surface area contributed by atoms with Crippen LogP contribution in [0.2, 0.25) is 0 Å². The minimum Gasteiger partial charge on any atom is -0.410 e. The van der Waals surface area contributed by atoms with Crippen LogP contribution in [-0.4, -0.2) is 23.3 Å². The van der Waals surface area contributed by atoms with E-state index in [1.807, 2.05) is 12.1 Å². The standard InChI is InChI=1S/C63H106N2O4/c1-5-9-13-17-21-25-31-41-54-43-39-47-58(56(54)45-33-27-23-19-15-11-7-3)68-60(66)64-62(49-35-29-36-50-62)53-63(51-37-30-38-52-63)65-61(67)69-59-48-40-44-55(42-32-26-22-18-14-10-6-2)57(59)46-34-28-24-20-16-12-8-4/h39-40,43-44,47-48H,5-38,41-42,45-46,49-53H2,1-4H3,(H,64,66)(H,65,67). The molecule has 0 saturated heterocycles. The van der Waals surface area contributed by atoms with Crippen molar-refractivity contribution in [2.45, 2.75) is 315 Å². The van der Waals surface area contributed by atoms with Crippen molar-refractivity contribution in [2.75, 3.05) is 0 Å². The number of aryl methyl sites for hydroxylation is 2. The highest BCUT2D eigenvalue weighted by atomic mass is 16.6. The lowest BCUT2D eigenvalue weighted by atomic mass is 9.68. The fraction of sp³-hybridized carbons (Fsp3) is 0.778. The molecule has 2 amide bonds. The average Bonchev–Trinajstić information content (AvgIpc) is 3.34. The van der Waals surface area contributed by atoms with Gasteiger partial charge in [0.1, 0.15) is 11.5 Å². The first-order valence-electron chi connectivity index (χ1n) is 30.1. The Labute approximate surface area is 425 Å². The van der Waals surface area contributed by atoms with Crippen molar-refractivity contribution in [1.29, 1.82) is 0 Å². The summed E-state index contributed by atoms with van der Waals surface area (Å²) in [5, 5.41) is 7.08. The molecular formula is C63H106N2O4. The number of hydrogen-bond acceptors (Lipinski definition) is 4. The first-order valence-corrected chi connectivity index (χ1v) is 30.1. The number of carbonyl (C=O) groups is 2. The third kappa shape index (κ3) is 23.4. The lowest BCUT2D eigenvalue weighted by molar-refractivity contribution is 0.107. The van der Waals surface area contributed by atoms with E-state index in [2.05, 4.69) is 62.6 Å². The molecule has 0 aromatic heterocycles. The molecule has 0 heterocycles. The molecule has 0 bridgehead atoms. The first-order chi connectivity index (χ1) is 33.9. The molecule has 2 aromatic carbocycles. The third-order valence-electron chi connectivity index (χ3n) is 16.1. The Balaban J connectivity index is 1.48. The quantitative estimate of drug-likeness (QED) is 0.0658. The van der Waals surface area contributed by atoms with Gasteiger partial charge in [-0.1, -0.05) is 245 Å². The zero-order valence-electron chi connectivity index (χ0n) is 45.5. The van der Waals surface area contributed by atoms with Gasteiger partial charge in [0.05, 0.1) is 0 Å². The Kier molecular flexibility index (Phi) is 30.5. The number of unbranched alkanes of at least 4 members (excludes halogenated alkanes) is 24. The Morgan fingerprint density at radius 3 is 1.00 bits per heavy atom. The van der Waals surface area contributed by atoms with Crippen molar-refractivity contribution < 1.29 is 19.1 Å². The Bertz CT molecular complexity index is 1520. The number of rotatable bonds is 38. The predicted octanol–water partition coefficient (Wildman–Crippen LogP) is 19.5. The summed E-state index contributed by atoms with van der Waals surface area (Å²) in [6.07, 6.45) is 49.9. The highest BCUT2D eigenvalue weighted by Gasteiger charge is 2.45. The van der Waals surface area contributed by atoms with Crippen molar-refractivity contribution >= 4 is 12.2 Å². The van der Waals surface area contributed by atoms with Crippen LogP contribution in [0.25, 0.3) is 0 Å². The molecular weight excluding hydrogens is 849 g/mol. The van der Waals surface area contributed by atoms with Gasteiger partial charge in [0.2, 0.25) is 0 Å². The fourth-order valence-corrected chi connectivity index (χ4v) is 12.0. The summed E-state index contributed by atoms with van der Waals surface area (Å²) in [5.41, 5.74) is 4.26. The van der Waals surface area contributed by atoms with E-state index in [1.165, 1.54) is 202 Å². The third-order valence-corrected chi connectivity index (χ3v) is 16.1. The molecule has 6 heteroatoms. The van der Waals surface area contributed by atoms with Crippen LogP contribution in [0.4, 0.5) is 9.59 Å². The van der Waals surface area contributed by atoms with E-state index in [-0.39, 0.29) is 12.2 Å². The highest BCUT2D eigenvalue weighted by molar-refractivity contribution is 5.73.